The number of rotatable bonds is 8. The van der Waals surface area contributed by atoms with E-state index in [0.29, 0.717) is 5.75 Å². The van der Waals surface area contributed by atoms with Crippen molar-refractivity contribution in [2.24, 2.45) is 5.92 Å². The Balaban J connectivity index is 1.91. The Morgan fingerprint density at radius 2 is 1.82 bits per heavy atom. The first kappa shape index (κ1) is 25.3. The monoisotopic (exact) mass is 471 g/mol. The molecule has 2 nitrogen and oxygen atoms in total. The molecule has 0 saturated carbocycles. The highest BCUT2D eigenvalue weighted by molar-refractivity contribution is 5.69. The first-order valence-corrected chi connectivity index (χ1v) is 11.2. The highest BCUT2D eigenvalue weighted by Gasteiger charge is 2.33. The van der Waals surface area contributed by atoms with Gasteiger partial charge in [-0.25, -0.2) is 4.39 Å². The SMILES string of the molecule is C=C1C=CC=CN1/C=C(/c1ccc(CCc2cc(F)ccc2C(F)(F)F)c(OC)c1)C(C)CC. The second-order valence-corrected chi connectivity index (χ2v) is 8.32. The predicted molar refractivity (Wildman–Crippen MR) is 128 cm³/mol. The summed E-state index contributed by atoms with van der Waals surface area (Å²) in [5.74, 6) is 0.158. The molecule has 1 aliphatic rings. The van der Waals surface area contributed by atoms with Crippen LogP contribution in [0.1, 0.15) is 42.5 Å². The molecule has 0 N–H and O–H groups in total. The molecule has 3 rings (SSSR count). The van der Waals surface area contributed by atoms with Crippen LogP contribution in [0.25, 0.3) is 5.57 Å². The molecule has 0 aliphatic carbocycles. The number of aryl methyl sites for hydroxylation is 2. The van der Waals surface area contributed by atoms with E-state index in [-0.39, 0.29) is 24.3 Å². The first-order chi connectivity index (χ1) is 16.1. The topological polar surface area (TPSA) is 12.5 Å². The Morgan fingerprint density at radius 1 is 1.09 bits per heavy atom. The molecule has 1 heterocycles. The summed E-state index contributed by atoms with van der Waals surface area (Å²) in [7, 11) is 1.54. The van der Waals surface area contributed by atoms with Crippen LogP contribution in [0.2, 0.25) is 0 Å². The molecule has 2 aromatic rings. The average molecular weight is 472 g/mol. The van der Waals surface area contributed by atoms with Gasteiger partial charge in [-0.1, -0.05) is 38.6 Å². The lowest BCUT2D eigenvalue weighted by Gasteiger charge is -2.23. The number of methoxy groups -OCH3 is 1. The van der Waals surface area contributed by atoms with Crippen molar-refractivity contribution in [2.75, 3.05) is 7.11 Å². The average Bonchev–Trinajstić information content (AvgIpc) is 2.81. The molecule has 34 heavy (non-hydrogen) atoms. The summed E-state index contributed by atoms with van der Waals surface area (Å²) < 4.78 is 59.3. The minimum absolute atomic E-state index is 0.0428. The van der Waals surface area contributed by atoms with E-state index >= 15 is 0 Å². The van der Waals surface area contributed by atoms with E-state index in [9.17, 15) is 17.6 Å². The third-order valence-electron chi connectivity index (χ3n) is 6.06. The number of benzene rings is 2. The van der Waals surface area contributed by atoms with E-state index in [1.54, 1.807) is 7.11 Å². The van der Waals surface area contributed by atoms with Crippen LogP contribution in [0.4, 0.5) is 17.6 Å². The predicted octanol–water partition coefficient (Wildman–Crippen LogP) is 7.92. The molecule has 0 fully saturated rings. The van der Waals surface area contributed by atoms with E-state index < -0.39 is 17.6 Å². The van der Waals surface area contributed by atoms with Gasteiger partial charge >= 0.3 is 6.18 Å². The highest BCUT2D eigenvalue weighted by Crippen LogP contribution is 2.35. The number of nitrogens with zero attached hydrogens (tertiary/aromatic N) is 1. The maximum Gasteiger partial charge on any atom is 0.416 e. The lowest BCUT2D eigenvalue weighted by molar-refractivity contribution is -0.138. The Morgan fingerprint density at radius 3 is 2.47 bits per heavy atom. The van der Waals surface area contributed by atoms with Gasteiger partial charge in [-0.05, 0) is 83.9 Å². The molecule has 0 bridgehead atoms. The summed E-state index contributed by atoms with van der Waals surface area (Å²) in [5.41, 5.74) is 2.79. The van der Waals surface area contributed by atoms with Crippen LogP contribution in [0, 0.1) is 11.7 Å². The Hall–Kier alpha value is -3.28. The first-order valence-electron chi connectivity index (χ1n) is 11.2. The summed E-state index contributed by atoms with van der Waals surface area (Å²) >= 11 is 0. The maximum absolute atomic E-state index is 13.7. The number of alkyl halides is 3. The zero-order valence-corrected chi connectivity index (χ0v) is 19.6. The smallest absolute Gasteiger partial charge is 0.416 e. The summed E-state index contributed by atoms with van der Waals surface area (Å²) in [6, 6.07) is 8.34. The van der Waals surface area contributed by atoms with E-state index in [4.69, 9.17) is 4.74 Å². The molecule has 0 saturated heterocycles. The van der Waals surface area contributed by atoms with Gasteiger partial charge in [0.25, 0.3) is 0 Å². The summed E-state index contributed by atoms with van der Waals surface area (Å²) in [5, 5.41) is 0. The normalized spacial score (nSPS) is 15.1. The molecule has 1 unspecified atom stereocenters. The van der Waals surface area contributed by atoms with Crippen molar-refractivity contribution in [3.8, 4) is 5.75 Å². The van der Waals surface area contributed by atoms with Crippen molar-refractivity contribution in [2.45, 2.75) is 39.3 Å². The highest BCUT2D eigenvalue weighted by atomic mass is 19.4. The fraction of sp³-hybridized carbons (Fsp3) is 0.286. The second kappa shape index (κ2) is 10.8. The fourth-order valence-corrected chi connectivity index (χ4v) is 3.92. The maximum atomic E-state index is 13.7. The molecular weight excluding hydrogens is 442 g/mol. The van der Waals surface area contributed by atoms with Crippen LogP contribution < -0.4 is 4.74 Å². The minimum atomic E-state index is -4.53. The number of hydrogen-bond donors (Lipinski definition) is 0. The Labute approximate surface area is 198 Å². The number of hydrogen-bond acceptors (Lipinski definition) is 2. The van der Waals surface area contributed by atoms with Crippen LogP contribution in [-0.2, 0) is 19.0 Å². The quantitative estimate of drug-likeness (QED) is 0.363. The molecule has 180 valence electrons. The zero-order chi connectivity index (χ0) is 24.9. The molecule has 0 amide bonds. The van der Waals surface area contributed by atoms with Crippen LogP contribution in [-0.4, -0.2) is 12.0 Å². The van der Waals surface area contributed by atoms with Crippen LogP contribution in [0.15, 0.2) is 79.3 Å². The summed E-state index contributed by atoms with van der Waals surface area (Å²) in [6.45, 7) is 8.32. The Bertz CT molecular complexity index is 1130. The molecule has 0 radical (unpaired) electrons. The second-order valence-electron chi connectivity index (χ2n) is 8.32. The van der Waals surface area contributed by atoms with Crippen molar-refractivity contribution < 1.29 is 22.3 Å². The van der Waals surface area contributed by atoms with Crippen molar-refractivity contribution in [3.63, 3.8) is 0 Å². The summed E-state index contributed by atoms with van der Waals surface area (Å²) in [6.07, 6.45) is 6.50. The number of ether oxygens (including phenoxy) is 1. The molecule has 0 spiro atoms. The fourth-order valence-electron chi connectivity index (χ4n) is 3.92. The number of allylic oxidation sites excluding steroid dienone is 4. The van der Waals surface area contributed by atoms with Crippen molar-refractivity contribution >= 4 is 5.57 Å². The summed E-state index contributed by atoms with van der Waals surface area (Å²) in [4.78, 5) is 1.96. The largest absolute Gasteiger partial charge is 0.496 e. The third-order valence-corrected chi connectivity index (χ3v) is 6.06. The minimum Gasteiger partial charge on any atom is -0.496 e. The third kappa shape index (κ3) is 5.99. The van der Waals surface area contributed by atoms with Crippen LogP contribution >= 0.6 is 0 Å². The standard InChI is InChI=1S/C28H29F4NO/c1-5-19(2)25(18-33-15-7-6-8-20(33)3)22-11-9-21(27(17-22)34-4)10-12-23-16-24(29)13-14-26(23)28(30,31)32/h6-9,11,13-19H,3,5,10,12H2,1-2,4H3/b25-18+. The molecule has 1 atom stereocenters. The van der Waals surface area contributed by atoms with Crippen LogP contribution in [0.5, 0.6) is 5.75 Å². The Kier molecular flexibility index (Phi) is 8.02. The lowest BCUT2D eigenvalue weighted by Crippen LogP contribution is -2.12. The van der Waals surface area contributed by atoms with Crippen molar-refractivity contribution in [1.29, 1.82) is 0 Å². The van der Waals surface area contributed by atoms with E-state index in [1.165, 1.54) is 0 Å². The van der Waals surface area contributed by atoms with Crippen molar-refractivity contribution in [3.05, 3.63) is 107 Å². The molecule has 0 aromatic heterocycles. The van der Waals surface area contributed by atoms with Gasteiger partial charge in [0.05, 0.1) is 12.7 Å². The van der Waals surface area contributed by atoms with Crippen molar-refractivity contribution in [1.82, 2.24) is 4.90 Å². The van der Waals surface area contributed by atoms with Gasteiger partial charge in [-0.15, -0.1) is 0 Å². The lowest BCUT2D eigenvalue weighted by atomic mass is 9.90. The van der Waals surface area contributed by atoms with E-state index in [2.05, 4.69) is 20.4 Å². The van der Waals surface area contributed by atoms with Gasteiger partial charge < -0.3 is 9.64 Å². The number of halogens is 4. The van der Waals surface area contributed by atoms with Gasteiger partial charge in [0.2, 0.25) is 0 Å². The van der Waals surface area contributed by atoms with Gasteiger partial charge in [-0.2, -0.15) is 13.2 Å². The molecule has 2 aromatic carbocycles. The van der Waals surface area contributed by atoms with Crippen LogP contribution in [0.3, 0.4) is 0 Å². The van der Waals surface area contributed by atoms with E-state index in [1.807, 2.05) is 53.7 Å². The molecule has 6 heteroatoms. The van der Waals surface area contributed by atoms with Gasteiger partial charge in [-0.3, -0.25) is 0 Å². The van der Waals surface area contributed by atoms with E-state index in [0.717, 1.165) is 47.0 Å². The molecule has 1 aliphatic heterocycles. The van der Waals surface area contributed by atoms with Gasteiger partial charge in [0.1, 0.15) is 11.6 Å². The van der Waals surface area contributed by atoms with Gasteiger partial charge in [0.15, 0.2) is 0 Å². The zero-order valence-electron chi connectivity index (χ0n) is 19.6. The molecular formula is C28H29F4NO. The van der Waals surface area contributed by atoms with Gasteiger partial charge in [0, 0.05) is 18.1 Å².